The van der Waals surface area contributed by atoms with Crippen LogP contribution in [0.3, 0.4) is 0 Å². The van der Waals surface area contributed by atoms with Crippen LogP contribution in [0.25, 0.3) is 0 Å². The largest absolute Gasteiger partial charge is 0.388 e. The second-order valence-corrected chi connectivity index (χ2v) is 8.84. The van der Waals surface area contributed by atoms with Crippen molar-refractivity contribution in [2.75, 3.05) is 6.54 Å². The van der Waals surface area contributed by atoms with E-state index < -0.39 is 29.4 Å². The number of carbonyl (C=O) groups is 2. The third kappa shape index (κ3) is 4.24. The van der Waals surface area contributed by atoms with Crippen molar-refractivity contribution in [2.45, 2.75) is 31.0 Å². The first kappa shape index (κ1) is 21.2. The number of rotatable bonds is 4. The van der Waals surface area contributed by atoms with Crippen molar-refractivity contribution in [3.8, 4) is 0 Å². The zero-order valence-electron chi connectivity index (χ0n) is 17.0. The maximum absolute atomic E-state index is 14.4. The van der Waals surface area contributed by atoms with Crippen molar-refractivity contribution in [3.05, 3.63) is 93.9 Å². The van der Waals surface area contributed by atoms with Crippen LogP contribution in [0.15, 0.2) is 72.1 Å². The molecule has 0 aliphatic carbocycles. The minimum atomic E-state index is -1.26. The molecule has 1 aromatic heterocycles. The van der Waals surface area contributed by atoms with E-state index in [9.17, 15) is 19.1 Å². The van der Waals surface area contributed by atoms with Crippen LogP contribution in [0, 0.1) is 5.82 Å². The van der Waals surface area contributed by atoms with Gasteiger partial charge in [-0.3, -0.25) is 9.59 Å². The summed E-state index contributed by atoms with van der Waals surface area (Å²) in [6.07, 6.45) is 0.245. The number of nitrogens with zero attached hydrogens (tertiary/aromatic N) is 1. The SMILES string of the molecule is C[C@@]1(O)CCN(C(=O)c2ccccc2F)[C@@H](c2cccs2)[C@@H]1NC(=O)c1ccccc1. The lowest BCUT2D eigenvalue weighted by molar-refractivity contribution is -0.0542. The number of thiophene rings is 1. The molecule has 31 heavy (non-hydrogen) atoms. The molecule has 2 amide bonds. The predicted molar refractivity (Wildman–Crippen MR) is 117 cm³/mol. The molecule has 0 bridgehead atoms. The molecule has 2 N–H and O–H groups in total. The Morgan fingerprint density at radius 2 is 1.81 bits per heavy atom. The fourth-order valence-electron chi connectivity index (χ4n) is 4.00. The first-order valence-corrected chi connectivity index (χ1v) is 10.9. The molecule has 1 saturated heterocycles. The highest BCUT2D eigenvalue weighted by atomic mass is 32.1. The van der Waals surface area contributed by atoms with Crippen LogP contribution in [0.4, 0.5) is 4.39 Å². The fraction of sp³-hybridized carbons (Fsp3) is 0.250. The van der Waals surface area contributed by atoms with E-state index in [-0.39, 0.29) is 24.4 Å². The van der Waals surface area contributed by atoms with Crippen molar-refractivity contribution in [1.82, 2.24) is 10.2 Å². The molecule has 5 nitrogen and oxygen atoms in total. The maximum atomic E-state index is 14.4. The lowest BCUT2D eigenvalue weighted by Gasteiger charge is -2.48. The van der Waals surface area contributed by atoms with E-state index in [1.165, 1.54) is 29.5 Å². The summed E-state index contributed by atoms with van der Waals surface area (Å²) < 4.78 is 14.4. The van der Waals surface area contributed by atoms with Crippen LogP contribution in [0.2, 0.25) is 0 Å². The monoisotopic (exact) mass is 438 g/mol. The van der Waals surface area contributed by atoms with Gasteiger partial charge in [-0.25, -0.2) is 4.39 Å². The topological polar surface area (TPSA) is 69.6 Å². The van der Waals surface area contributed by atoms with Gasteiger partial charge in [0.1, 0.15) is 5.82 Å². The zero-order chi connectivity index (χ0) is 22.0. The van der Waals surface area contributed by atoms with Gasteiger partial charge in [-0.2, -0.15) is 0 Å². The first-order valence-electron chi connectivity index (χ1n) is 10.1. The number of hydrogen-bond acceptors (Lipinski definition) is 4. The average Bonchev–Trinajstić information content (AvgIpc) is 3.30. The minimum Gasteiger partial charge on any atom is -0.388 e. The number of piperidine rings is 1. The van der Waals surface area contributed by atoms with Gasteiger partial charge in [-0.1, -0.05) is 36.4 Å². The molecule has 0 spiro atoms. The quantitative estimate of drug-likeness (QED) is 0.646. The summed E-state index contributed by atoms with van der Waals surface area (Å²) in [5, 5.41) is 16.0. The van der Waals surface area contributed by atoms with Crippen LogP contribution in [-0.4, -0.2) is 40.0 Å². The normalized spacial score (nSPS) is 23.4. The summed E-state index contributed by atoms with van der Waals surface area (Å²) in [6, 6.07) is 16.9. The van der Waals surface area contributed by atoms with E-state index in [2.05, 4.69) is 5.32 Å². The second-order valence-electron chi connectivity index (χ2n) is 7.86. The minimum absolute atomic E-state index is 0.0289. The van der Waals surface area contributed by atoms with Gasteiger partial charge in [-0.05, 0) is 49.1 Å². The highest BCUT2D eigenvalue weighted by molar-refractivity contribution is 7.10. The summed E-state index contributed by atoms with van der Waals surface area (Å²) in [5.41, 5.74) is -0.829. The predicted octanol–water partition coefficient (Wildman–Crippen LogP) is 4.02. The van der Waals surface area contributed by atoms with E-state index in [0.717, 1.165) is 4.88 Å². The maximum Gasteiger partial charge on any atom is 0.257 e. The van der Waals surface area contributed by atoms with Crippen LogP contribution >= 0.6 is 11.3 Å². The van der Waals surface area contributed by atoms with Gasteiger partial charge in [0.15, 0.2) is 0 Å². The van der Waals surface area contributed by atoms with Crippen LogP contribution in [0.1, 0.15) is 45.0 Å². The molecule has 1 aliphatic rings. The van der Waals surface area contributed by atoms with Gasteiger partial charge >= 0.3 is 0 Å². The summed E-state index contributed by atoms with van der Waals surface area (Å²) >= 11 is 1.43. The van der Waals surface area contributed by atoms with Gasteiger partial charge < -0.3 is 15.3 Å². The summed E-state index contributed by atoms with van der Waals surface area (Å²) in [4.78, 5) is 28.6. The number of nitrogens with one attached hydrogen (secondary N) is 1. The van der Waals surface area contributed by atoms with Crippen molar-refractivity contribution < 1.29 is 19.1 Å². The number of benzene rings is 2. The van der Waals surface area contributed by atoms with Crippen molar-refractivity contribution in [2.24, 2.45) is 0 Å². The highest BCUT2D eigenvalue weighted by Gasteiger charge is 2.48. The Morgan fingerprint density at radius 1 is 1.10 bits per heavy atom. The first-order chi connectivity index (χ1) is 14.9. The second kappa shape index (κ2) is 8.61. The molecule has 0 unspecified atom stereocenters. The highest BCUT2D eigenvalue weighted by Crippen LogP contribution is 2.39. The lowest BCUT2D eigenvalue weighted by Crippen LogP contribution is -2.63. The Hall–Kier alpha value is -3.03. The van der Waals surface area contributed by atoms with Gasteiger partial charge in [0.25, 0.3) is 11.8 Å². The molecule has 1 fully saturated rings. The third-order valence-corrected chi connectivity index (χ3v) is 6.65. The standard InChI is InChI=1S/C24H23FN2O3S/c1-24(30)13-14-27(23(29)17-10-5-6-11-18(17)25)20(19-12-7-15-31-19)21(24)26-22(28)16-8-3-2-4-9-16/h2-12,15,20-21,30H,13-14H2,1H3,(H,26,28)/t20-,21-,24+/m0/s1. The molecule has 0 radical (unpaired) electrons. The Balaban J connectivity index is 1.73. The number of aliphatic hydroxyl groups is 1. The van der Waals surface area contributed by atoms with Crippen LogP contribution in [0.5, 0.6) is 0 Å². The number of amides is 2. The lowest BCUT2D eigenvalue weighted by atomic mass is 9.81. The molecule has 3 atom stereocenters. The molecule has 160 valence electrons. The molecular weight excluding hydrogens is 415 g/mol. The Bertz CT molecular complexity index is 1070. The molecule has 1 aliphatic heterocycles. The summed E-state index contributed by atoms with van der Waals surface area (Å²) in [7, 11) is 0. The van der Waals surface area contributed by atoms with E-state index in [4.69, 9.17) is 0 Å². The van der Waals surface area contributed by atoms with Crippen LogP contribution in [-0.2, 0) is 0 Å². The van der Waals surface area contributed by atoms with Gasteiger partial charge in [0.05, 0.1) is 23.2 Å². The van der Waals surface area contributed by atoms with Gasteiger partial charge in [0.2, 0.25) is 0 Å². The Kier molecular flexibility index (Phi) is 5.89. The Labute approximate surface area is 184 Å². The number of hydrogen-bond donors (Lipinski definition) is 2. The number of halogens is 1. The molecule has 3 aromatic rings. The van der Waals surface area contributed by atoms with Crippen LogP contribution < -0.4 is 5.32 Å². The van der Waals surface area contributed by atoms with Crippen molar-refractivity contribution in [3.63, 3.8) is 0 Å². The smallest absolute Gasteiger partial charge is 0.257 e. The van der Waals surface area contributed by atoms with Gasteiger partial charge in [0, 0.05) is 17.0 Å². The fourth-order valence-corrected chi connectivity index (χ4v) is 4.88. The van der Waals surface area contributed by atoms with E-state index >= 15 is 0 Å². The average molecular weight is 439 g/mol. The molecular formula is C24H23FN2O3S. The van der Waals surface area contributed by atoms with E-state index in [1.807, 2.05) is 23.6 Å². The molecule has 0 saturated carbocycles. The van der Waals surface area contributed by atoms with Gasteiger partial charge in [-0.15, -0.1) is 11.3 Å². The van der Waals surface area contributed by atoms with Crippen molar-refractivity contribution in [1.29, 1.82) is 0 Å². The zero-order valence-corrected chi connectivity index (χ0v) is 17.8. The van der Waals surface area contributed by atoms with Crippen molar-refractivity contribution >= 4 is 23.2 Å². The molecule has 7 heteroatoms. The number of carbonyl (C=O) groups excluding carboxylic acids is 2. The summed E-state index contributed by atoms with van der Waals surface area (Å²) in [5.74, 6) is -1.40. The molecule has 2 aromatic carbocycles. The third-order valence-electron chi connectivity index (χ3n) is 5.70. The molecule has 2 heterocycles. The summed E-state index contributed by atoms with van der Waals surface area (Å²) in [6.45, 7) is 1.90. The van der Waals surface area contributed by atoms with E-state index in [0.29, 0.717) is 5.56 Å². The molecule has 4 rings (SSSR count). The van der Waals surface area contributed by atoms with E-state index in [1.54, 1.807) is 42.2 Å². The number of likely N-dealkylation sites (tertiary alicyclic amines) is 1. The Morgan fingerprint density at radius 3 is 2.48 bits per heavy atom.